The summed E-state index contributed by atoms with van der Waals surface area (Å²) in [5.41, 5.74) is -0.362. The van der Waals surface area contributed by atoms with Crippen LogP contribution in [0.3, 0.4) is 0 Å². The molecule has 0 amide bonds. The van der Waals surface area contributed by atoms with Crippen LogP contribution in [0.25, 0.3) is 0 Å². The average Bonchev–Trinajstić information content (AvgIpc) is 2.28. The van der Waals surface area contributed by atoms with Gasteiger partial charge in [0.25, 0.3) is 0 Å². The second kappa shape index (κ2) is 4.95. The minimum absolute atomic E-state index is 0.00745. The maximum atomic E-state index is 13.5. The van der Waals surface area contributed by atoms with Gasteiger partial charge in [-0.05, 0) is 45.5 Å². The Hall–Kier alpha value is -1.60. The smallest absolute Gasteiger partial charge is 0.144 e. The number of piperidine rings is 1. The maximum absolute atomic E-state index is 13.5. The first-order valence-electron chi connectivity index (χ1n) is 6.10. The lowest BCUT2D eigenvalue weighted by molar-refractivity contribution is 0.0151. The molecule has 18 heavy (non-hydrogen) atoms. The van der Waals surface area contributed by atoms with Crippen LogP contribution in [-0.4, -0.2) is 30.6 Å². The maximum Gasteiger partial charge on any atom is 0.144 e. The van der Waals surface area contributed by atoms with Gasteiger partial charge in [0.15, 0.2) is 0 Å². The largest absolute Gasteiger partial charge is 0.485 e. The molecule has 1 aromatic rings. The zero-order chi connectivity index (χ0) is 13.2. The zero-order valence-electron chi connectivity index (χ0n) is 10.7. The molecule has 1 heterocycles. The van der Waals surface area contributed by atoms with Crippen molar-refractivity contribution in [2.45, 2.75) is 25.4 Å². The average molecular weight is 248 g/mol. The van der Waals surface area contributed by atoms with Crippen molar-refractivity contribution in [3.05, 3.63) is 29.6 Å². The first-order valence-corrected chi connectivity index (χ1v) is 6.10. The Kier molecular flexibility index (Phi) is 3.53. The molecule has 1 unspecified atom stereocenters. The number of nitriles is 1. The number of halogens is 1. The molecule has 4 heteroatoms. The van der Waals surface area contributed by atoms with Gasteiger partial charge in [-0.3, -0.25) is 0 Å². The van der Waals surface area contributed by atoms with Gasteiger partial charge in [0.1, 0.15) is 28.8 Å². The normalized spacial score (nSPS) is 24.6. The fourth-order valence-electron chi connectivity index (χ4n) is 2.50. The van der Waals surface area contributed by atoms with Crippen LogP contribution in [0.5, 0.6) is 5.75 Å². The minimum Gasteiger partial charge on any atom is -0.485 e. The van der Waals surface area contributed by atoms with E-state index < -0.39 is 5.82 Å². The van der Waals surface area contributed by atoms with Crippen molar-refractivity contribution in [1.82, 2.24) is 4.90 Å². The lowest BCUT2D eigenvalue weighted by Gasteiger charge is -2.39. The molecule has 0 N–H and O–H groups in total. The molecule has 0 spiro atoms. The van der Waals surface area contributed by atoms with Gasteiger partial charge in [-0.25, -0.2) is 4.39 Å². The van der Waals surface area contributed by atoms with Crippen molar-refractivity contribution in [3.63, 3.8) is 0 Å². The van der Waals surface area contributed by atoms with Crippen molar-refractivity contribution in [3.8, 4) is 11.8 Å². The van der Waals surface area contributed by atoms with E-state index >= 15 is 0 Å². The van der Waals surface area contributed by atoms with Crippen LogP contribution in [0.15, 0.2) is 18.2 Å². The van der Waals surface area contributed by atoms with E-state index in [-0.39, 0.29) is 11.2 Å². The summed E-state index contributed by atoms with van der Waals surface area (Å²) in [6, 6.07) is 6.37. The van der Waals surface area contributed by atoms with Gasteiger partial charge in [-0.2, -0.15) is 5.26 Å². The van der Waals surface area contributed by atoms with E-state index in [2.05, 4.69) is 4.90 Å². The van der Waals surface area contributed by atoms with Crippen molar-refractivity contribution >= 4 is 0 Å². The van der Waals surface area contributed by atoms with Crippen molar-refractivity contribution < 1.29 is 9.13 Å². The Balaban J connectivity index is 2.24. The molecule has 0 aromatic heterocycles. The molecular weight excluding hydrogens is 231 g/mol. The molecule has 3 nitrogen and oxygen atoms in total. The summed E-state index contributed by atoms with van der Waals surface area (Å²) in [4.78, 5) is 2.19. The first kappa shape index (κ1) is 12.8. The first-order chi connectivity index (χ1) is 8.54. The Morgan fingerprint density at radius 1 is 1.50 bits per heavy atom. The van der Waals surface area contributed by atoms with Crippen LogP contribution >= 0.6 is 0 Å². The lowest BCUT2D eigenvalue weighted by Crippen LogP contribution is -2.48. The van der Waals surface area contributed by atoms with E-state index in [0.29, 0.717) is 5.75 Å². The Morgan fingerprint density at radius 2 is 2.28 bits per heavy atom. The summed E-state index contributed by atoms with van der Waals surface area (Å²) in [7, 11) is 2.04. The molecule has 1 atom stereocenters. The second-order valence-corrected chi connectivity index (χ2v) is 5.12. The van der Waals surface area contributed by atoms with Gasteiger partial charge in [0.05, 0.1) is 0 Å². The fraction of sp³-hybridized carbons (Fsp3) is 0.500. The molecule has 1 aliphatic rings. The molecule has 0 aliphatic carbocycles. The topological polar surface area (TPSA) is 36.3 Å². The highest BCUT2D eigenvalue weighted by Gasteiger charge is 2.32. The highest BCUT2D eigenvalue weighted by atomic mass is 19.1. The molecule has 1 aromatic carbocycles. The van der Waals surface area contributed by atoms with E-state index in [1.807, 2.05) is 20.0 Å². The lowest BCUT2D eigenvalue weighted by atomic mass is 9.95. The van der Waals surface area contributed by atoms with Gasteiger partial charge in [0, 0.05) is 6.54 Å². The van der Waals surface area contributed by atoms with Crippen molar-refractivity contribution in [2.24, 2.45) is 0 Å². The van der Waals surface area contributed by atoms with Crippen molar-refractivity contribution in [1.29, 1.82) is 5.26 Å². The third-order valence-electron chi connectivity index (χ3n) is 3.29. The van der Waals surface area contributed by atoms with Gasteiger partial charge >= 0.3 is 0 Å². The summed E-state index contributed by atoms with van der Waals surface area (Å²) in [5, 5.41) is 8.98. The van der Waals surface area contributed by atoms with E-state index in [1.165, 1.54) is 6.07 Å². The molecule has 0 bridgehead atoms. The second-order valence-electron chi connectivity index (χ2n) is 5.12. The molecule has 1 aliphatic heterocycles. The van der Waals surface area contributed by atoms with Crippen LogP contribution in [0.2, 0.25) is 0 Å². The third-order valence-corrected chi connectivity index (χ3v) is 3.29. The van der Waals surface area contributed by atoms with E-state index in [1.54, 1.807) is 12.1 Å². The zero-order valence-corrected chi connectivity index (χ0v) is 10.7. The van der Waals surface area contributed by atoms with Crippen LogP contribution in [-0.2, 0) is 0 Å². The van der Waals surface area contributed by atoms with Gasteiger partial charge < -0.3 is 9.64 Å². The number of likely N-dealkylation sites (tertiary alicyclic amines) is 1. The SMILES string of the molecule is CN1CCCC(C)(Oc2cccc(F)c2C#N)C1. The monoisotopic (exact) mass is 248 g/mol. The fourth-order valence-corrected chi connectivity index (χ4v) is 2.50. The summed E-state index contributed by atoms with van der Waals surface area (Å²) in [5.74, 6) is -0.182. The van der Waals surface area contributed by atoms with Gasteiger partial charge in [0.2, 0.25) is 0 Å². The van der Waals surface area contributed by atoms with E-state index in [0.717, 1.165) is 25.9 Å². The highest BCUT2D eigenvalue weighted by molar-refractivity contribution is 5.44. The molecule has 2 rings (SSSR count). The molecule has 0 saturated carbocycles. The third kappa shape index (κ3) is 2.62. The highest BCUT2D eigenvalue weighted by Crippen LogP contribution is 2.29. The Labute approximate surface area is 107 Å². The van der Waals surface area contributed by atoms with Crippen LogP contribution in [0.4, 0.5) is 4.39 Å². The molecule has 1 saturated heterocycles. The van der Waals surface area contributed by atoms with E-state index in [9.17, 15) is 4.39 Å². The number of rotatable bonds is 2. The summed E-state index contributed by atoms with van der Waals surface area (Å²) >= 11 is 0. The van der Waals surface area contributed by atoms with Crippen LogP contribution in [0.1, 0.15) is 25.3 Å². The van der Waals surface area contributed by atoms with Crippen LogP contribution in [0, 0.1) is 17.1 Å². The van der Waals surface area contributed by atoms with Gasteiger partial charge in [-0.15, -0.1) is 0 Å². The quantitative estimate of drug-likeness (QED) is 0.807. The number of benzene rings is 1. The number of hydrogen-bond acceptors (Lipinski definition) is 3. The predicted octanol–water partition coefficient (Wildman–Crippen LogP) is 2.56. The predicted molar refractivity (Wildman–Crippen MR) is 66.9 cm³/mol. The molecule has 0 radical (unpaired) electrons. The Morgan fingerprint density at radius 3 is 2.94 bits per heavy atom. The van der Waals surface area contributed by atoms with Gasteiger partial charge in [-0.1, -0.05) is 6.07 Å². The van der Waals surface area contributed by atoms with E-state index in [4.69, 9.17) is 10.00 Å². The molecular formula is C14H17FN2O. The molecule has 1 fully saturated rings. The number of nitrogens with zero attached hydrogens (tertiary/aromatic N) is 2. The number of hydrogen-bond donors (Lipinski definition) is 0. The number of ether oxygens (including phenoxy) is 1. The number of likely N-dealkylation sites (N-methyl/N-ethyl adjacent to an activating group) is 1. The van der Waals surface area contributed by atoms with Crippen LogP contribution < -0.4 is 4.74 Å². The summed E-state index contributed by atoms with van der Waals surface area (Å²) < 4.78 is 19.4. The summed E-state index contributed by atoms with van der Waals surface area (Å²) in [6.45, 7) is 3.84. The standard InChI is InChI=1S/C14H17FN2O/c1-14(7-4-8-17(2)10-14)18-13-6-3-5-12(15)11(13)9-16/h3,5-6H,4,7-8,10H2,1-2H3. The minimum atomic E-state index is -0.525. The van der Waals surface area contributed by atoms with Crippen molar-refractivity contribution in [2.75, 3.05) is 20.1 Å². The summed E-state index contributed by atoms with van der Waals surface area (Å²) in [6.07, 6.45) is 1.96. The Bertz CT molecular complexity index is 483. The molecule has 96 valence electrons.